The number of para-hydroxylation sites is 1. The van der Waals surface area contributed by atoms with Gasteiger partial charge in [0.2, 0.25) is 0 Å². The number of hydrogen-bond donors (Lipinski definition) is 1. The molecule has 1 heterocycles. The summed E-state index contributed by atoms with van der Waals surface area (Å²) in [6.07, 6.45) is 5.38. The van der Waals surface area contributed by atoms with Crippen LogP contribution in [0.3, 0.4) is 0 Å². The summed E-state index contributed by atoms with van der Waals surface area (Å²) in [6.45, 7) is 4.12. The minimum atomic E-state index is -0.167. The molecule has 1 atom stereocenters. The summed E-state index contributed by atoms with van der Waals surface area (Å²) in [5.41, 5.74) is 1.22. The first-order valence-electron chi connectivity index (χ1n) is 7.67. The number of aryl methyl sites for hydroxylation is 1. The zero-order valence-electron chi connectivity index (χ0n) is 12.8. The van der Waals surface area contributed by atoms with Crippen LogP contribution < -0.4 is 5.32 Å². The Hall–Kier alpha value is -1.81. The van der Waals surface area contributed by atoms with Gasteiger partial charge in [-0.1, -0.05) is 30.2 Å². The summed E-state index contributed by atoms with van der Waals surface area (Å²) in [7, 11) is 0. The van der Waals surface area contributed by atoms with Gasteiger partial charge in [0.25, 0.3) is 5.91 Å². The lowest BCUT2D eigenvalue weighted by atomic mass is 9.80. The largest absolute Gasteiger partial charge is 0.321 e. The van der Waals surface area contributed by atoms with Crippen LogP contribution in [0.2, 0.25) is 5.02 Å². The predicted octanol–water partition coefficient (Wildman–Crippen LogP) is 4.46. The number of rotatable bonds is 4. The first-order chi connectivity index (χ1) is 10.6. The molecule has 1 amide bonds. The Morgan fingerprint density at radius 3 is 2.77 bits per heavy atom. The maximum atomic E-state index is 12.6. The first-order valence-corrected chi connectivity index (χ1v) is 8.05. The molecule has 1 saturated carbocycles. The Bertz CT molecular complexity index is 691. The average molecular weight is 318 g/mol. The van der Waals surface area contributed by atoms with E-state index in [0.29, 0.717) is 28.4 Å². The van der Waals surface area contributed by atoms with E-state index in [4.69, 9.17) is 11.6 Å². The summed E-state index contributed by atoms with van der Waals surface area (Å²) >= 11 is 6.11. The zero-order valence-corrected chi connectivity index (χ0v) is 13.6. The van der Waals surface area contributed by atoms with Crippen LogP contribution in [0, 0.1) is 12.8 Å². The second kappa shape index (κ2) is 6.13. The fraction of sp³-hybridized carbons (Fsp3) is 0.412. The molecule has 1 N–H and O–H groups in total. The first kappa shape index (κ1) is 15.1. The number of aromatic nitrogens is 2. The van der Waals surface area contributed by atoms with Crippen LogP contribution in [-0.4, -0.2) is 15.5 Å². The lowest BCUT2D eigenvalue weighted by molar-refractivity contribution is 0.101. The highest BCUT2D eigenvalue weighted by molar-refractivity contribution is 6.33. The molecule has 116 valence electrons. The van der Waals surface area contributed by atoms with Crippen LogP contribution in [0.25, 0.3) is 0 Å². The van der Waals surface area contributed by atoms with Crippen molar-refractivity contribution < 1.29 is 4.79 Å². The molecule has 1 aromatic heterocycles. The van der Waals surface area contributed by atoms with Crippen LogP contribution in [0.15, 0.2) is 30.5 Å². The summed E-state index contributed by atoms with van der Waals surface area (Å²) in [6, 6.07) is 7.54. The molecule has 1 aliphatic carbocycles. The van der Waals surface area contributed by atoms with E-state index in [0.717, 1.165) is 5.82 Å². The number of halogens is 1. The summed E-state index contributed by atoms with van der Waals surface area (Å²) in [5, 5.41) is 3.41. The fourth-order valence-electron chi connectivity index (χ4n) is 3.02. The van der Waals surface area contributed by atoms with Gasteiger partial charge in [0, 0.05) is 6.04 Å². The Balaban J connectivity index is 1.85. The fourth-order valence-corrected chi connectivity index (χ4v) is 3.20. The van der Waals surface area contributed by atoms with Crippen molar-refractivity contribution in [3.8, 4) is 0 Å². The highest BCUT2D eigenvalue weighted by atomic mass is 35.5. The minimum Gasteiger partial charge on any atom is -0.321 e. The Labute approximate surface area is 135 Å². The van der Waals surface area contributed by atoms with Crippen LogP contribution in [0.1, 0.15) is 48.5 Å². The molecule has 0 bridgehead atoms. The van der Waals surface area contributed by atoms with E-state index in [1.807, 2.05) is 19.1 Å². The molecule has 0 spiro atoms. The van der Waals surface area contributed by atoms with E-state index in [-0.39, 0.29) is 5.91 Å². The second-order valence-electron chi connectivity index (χ2n) is 5.93. The van der Waals surface area contributed by atoms with Crippen molar-refractivity contribution in [1.29, 1.82) is 0 Å². The molecule has 0 unspecified atom stereocenters. The van der Waals surface area contributed by atoms with Crippen LogP contribution in [0.5, 0.6) is 0 Å². The average Bonchev–Trinajstić information content (AvgIpc) is 2.81. The molecule has 5 heteroatoms. The summed E-state index contributed by atoms with van der Waals surface area (Å²) < 4.78 is 2.05. The van der Waals surface area contributed by atoms with E-state index in [1.54, 1.807) is 18.3 Å². The SMILES string of the molecule is Cc1ncc(C(=O)Nc2ccccc2Cl)n1[C@@H](C)C1CCC1. The molecule has 22 heavy (non-hydrogen) atoms. The Morgan fingerprint density at radius 1 is 1.41 bits per heavy atom. The van der Waals surface area contributed by atoms with Crippen molar-refractivity contribution in [3.05, 3.63) is 47.0 Å². The minimum absolute atomic E-state index is 0.167. The molecule has 1 aromatic carbocycles. The third-order valence-corrected chi connectivity index (χ3v) is 4.91. The highest BCUT2D eigenvalue weighted by Gasteiger charge is 2.29. The van der Waals surface area contributed by atoms with Crippen LogP contribution >= 0.6 is 11.6 Å². The number of imidazole rings is 1. The summed E-state index contributed by atoms with van der Waals surface area (Å²) in [5.74, 6) is 1.35. The van der Waals surface area contributed by atoms with Crippen LogP contribution in [-0.2, 0) is 0 Å². The van der Waals surface area contributed by atoms with E-state index in [2.05, 4.69) is 21.8 Å². The van der Waals surface area contributed by atoms with E-state index >= 15 is 0 Å². The van der Waals surface area contributed by atoms with Crippen molar-refractivity contribution in [2.24, 2.45) is 5.92 Å². The van der Waals surface area contributed by atoms with Gasteiger partial charge in [0.15, 0.2) is 0 Å². The lowest BCUT2D eigenvalue weighted by Gasteiger charge is -2.33. The number of nitrogens with zero attached hydrogens (tertiary/aromatic N) is 2. The number of anilines is 1. The molecule has 4 nitrogen and oxygen atoms in total. The van der Waals surface area contributed by atoms with Gasteiger partial charge in [0.1, 0.15) is 11.5 Å². The Kier molecular flexibility index (Phi) is 4.21. The zero-order chi connectivity index (χ0) is 15.7. The van der Waals surface area contributed by atoms with E-state index < -0.39 is 0 Å². The third kappa shape index (κ3) is 2.75. The highest BCUT2D eigenvalue weighted by Crippen LogP contribution is 2.37. The van der Waals surface area contributed by atoms with Gasteiger partial charge in [-0.3, -0.25) is 4.79 Å². The molecule has 0 radical (unpaired) electrons. The van der Waals surface area contributed by atoms with Crippen molar-refractivity contribution in [2.75, 3.05) is 5.32 Å². The van der Waals surface area contributed by atoms with Gasteiger partial charge in [-0.15, -0.1) is 0 Å². The number of carbonyl (C=O) groups is 1. The van der Waals surface area contributed by atoms with Crippen molar-refractivity contribution >= 4 is 23.2 Å². The van der Waals surface area contributed by atoms with Gasteiger partial charge < -0.3 is 9.88 Å². The van der Waals surface area contributed by atoms with Crippen LogP contribution in [0.4, 0.5) is 5.69 Å². The summed E-state index contributed by atoms with van der Waals surface area (Å²) in [4.78, 5) is 16.9. The lowest BCUT2D eigenvalue weighted by Crippen LogP contribution is -2.27. The van der Waals surface area contributed by atoms with Crippen molar-refractivity contribution in [3.63, 3.8) is 0 Å². The van der Waals surface area contributed by atoms with Gasteiger partial charge in [-0.2, -0.15) is 0 Å². The Morgan fingerprint density at radius 2 is 2.14 bits per heavy atom. The normalized spacial score (nSPS) is 16.1. The molecule has 0 aliphatic heterocycles. The van der Waals surface area contributed by atoms with Gasteiger partial charge in [-0.05, 0) is 44.7 Å². The molecular weight excluding hydrogens is 298 g/mol. The number of hydrogen-bond acceptors (Lipinski definition) is 2. The van der Waals surface area contributed by atoms with Crippen molar-refractivity contribution in [2.45, 2.75) is 39.2 Å². The van der Waals surface area contributed by atoms with Gasteiger partial charge in [0.05, 0.1) is 16.9 Å². The van der Waals surface area contributed by atoms with Gasteiger partial charge >= 0.3 is 0 Å². The molecule has 3 rings (SSSR count). The quantitative estimate of drug-likeness (QED) is 0.905. The van der Waals surface area contributed by atoms with Gasteiger partial charge in [-0.25, -0.2) is 4.98 Å². The smallest absolute Gasteiger partial charge is 0.273 e. The molecule has 1 fully saturated rings. The van der Waals surface area contributed by atoms with Crippen molar-refractivity contribution in [1.82, 2.24) is 9.55 Å². The molecule has 1 aliphatic rings. The second-order valence-corrected chi connectivity index (χ2v) is 6.33. The number of benzene rings is 1. The number of nitrogens with one attached hydrogen (secondary N) is 1. The maximum absolute atomic E-state index is 12.6. The topological polar surface area (TPSA) is 46.9 Å². The molecule has 2 aromatic rings. The van der Waals surface area contributed by atoms with E-state index in [1.165, 1.54) is 19.3 Å². The predicted molar refractivity (Wildman–Crippen MR) is 88.4 cm³/mol. The maximum Gasteiger partial charge on any atom is 0.273 e. The number of amides is 1. The van der Waals surface area contributed by atoms with E-state index in [9.17, 15) is 4.79 Å². The molecular formula is C17H20ClN3O. The monoisotopic (exact) mass is 317 g/mol. The standard InChI is InChI=1S/C17H20ClN3O/c1-11(13-6-5-7-13)21-12(2)19-10-16(21)17(22)20-15-9-4-3-8-14(15)18/h3-4,8-11,13H,5-7H2,1-2H3,(H,20,22)/t11-/m0/s1. The molecule has 0 saturated heterocycles. The number of carbonyl (C=O) groups excluding carboxylic acids is 1. The third-order valence-electron chi connectivity index (χ3n) is 4.58.